The molecule has 1 aromatic carbocycles. The van der Waals surface area contributed by atoms with Crippen LogP contribution in [-0.2, 0) is 11.3 Å². The molecule has 1 unspecified atom stereocenters. The van der Waals surface area contributed by atoms with Crippen LogP contribution >= 0.6 is 0 Å². The van der Waals surface area contributed by atoms with Gasteiger partial charge in [0, 0.05) is 25.6 Å². The summed E-state index contributed by atoms with van der Waals surface area (Å²) in [6, 6.07) is 6.31. The number of hydrogen-bond acceptors (Lipinski definition) is 3. The van der Waals surface area contributed by atoms with Gasteiger partial charge in [-0.3, -0.25) is 4.79 Å². The van der Waals surface area contributed by atoms with Crippen molar-refractivity contribution in [1.82, 2.24) is 10.6 Å². The quantitative estimate of drug-likeness (QED) is 0.750. The first-order valence-electron chi connectivity index (χ1n) is 6.74. The average Bonchev–Trinajstić information content (AvgIpc) is 2.42. The van der Waals surface area contributed by atoms with Crippen molar-refractivity contribution < 1.29 is 9.18 Å². The third-order valence-electron chi connectivity index (χ3n) is 2.96. The number of amides is 1. The van der Waals surface area contributed by atoms with Gasteiger partial charge < -0.3 is 10.6 Å². The molecule has 0 aliphatic carbocycles. The molecule has 4 nitrogen and oxygen atoms in total. The van der Waals surface area contributed by atoms with Crippen molar-refractivity contribution in [3.8, 4) is 6.07 Å². The van der Waals surface area contributed by atoms with Crippen LogP contribution in [0.3, 0.4) is 0 Å². The molecule has 0 aromatic heterocycles. The van der Waals surface area contributed by atoms with Gasteiger partial charge in [-0.25, -0.2) is 4.39 Å². The molecule has 0 saturated carbocycles. The van der Waals surface area contributed by atoms with Gasteiger partial charge in [-0.05, 0) is 37.1 Å². The van der Waals surface area contributed by atoms with Crippen LogP contribution in [0.25, 0.3) is 0 Å². The van der Waals surface area contributed by atoms with Crippen molar-refractivity contribution >= 4 is 5.91 Å². The van der Waals surface area contributed by atoms with E-state index in [0.717, 1.165) is 6.42 Å². The number of halogens is 1. The zero-order valence-corrected chi connectivity index (χ0v) is 11.9. The highest BCUT2D eigenvalue weighted by molar-refractivity contribution is 5.76. The van der Waals surface area contributed by atoms with Gasteiger partial charge in [0.1, 0.15) is 5.82 Å². The van der Waals surface area contributed by atoms with Crippen LogP contribution in [0.4, 0.5) is 4.39 Å². The number of benzene rings is 1. The van der Waals surface area contributed by atoms with E-state index in [-0.39, 0.29) is 11.9 Å². The highest BCUT2D eigenvalue weighted by Gasteiger charge is 2.05. The van der Waals surface area contributed by atoms with Crippen molar-refractivity contribution in [2.75, 3.05) is 6.54 Å². The smallest absolute Gasteiger partial charge is 0.221 e. The zero-order chi connectivity index (χ0) is 15.0. The Hall–Kier alpha value is -1.93. The number of nitrogens with zero attached hydrogens (tertiary/aromatic N) is 1. The fourth-order valence-corrected chi connectivity index (χ4v) is 1.70. The molecule has 1 amide bonds. The summed E-state index contributed by atoms with van der Waals surface area (Å²) in [5.41, 5.74) is 1.00. The number of rotatable bonds is 7. The van der Waals surface area contributed by atoms with Gasteiger partial charge >= 0.3 is 0 Å². The predicted molar refractivity (Wildman–Crippen MR) is 75.3 cm³/mol. The molecule has 0 spiro atoms. The Labute approximate surface area is 119 Å². The molecule has 0 heterocycles. The molecular formula is C15H20FN3O. The normalized spacial score (nSPS) is 11.7. The number of carbonyl (C=O) groups is 1. The Kier molecular flexibility index (Phi) is 6.68. The summed E-state index contributed by atoms with van der Waals surface area (Å²) < 4.78 is 13.2. The second-order valence-electron chi connectivity index (χ2n) is 4.76. The van der Waals surface area contributed by atoms with E-state index in [1.165, 1.54) is 12.1 Å². The summed E-state index contributed by atoms with van der Waals surface area (Å²) in [6.07, 6.45) is 1.28. The van der Waals surface area contributed by atoms with Gasteiger partial charge in [0.25, 0.3) is 0 Å². The molecule has 0 bridgehead atoms. The third-order valence-corrected chi connectivity index (χ3v) is 2.96. The summed E-state index contributed by atoms with van der Waals surface area (Å²) in [5.74, 6) is -0.417. The molecule has 0 saturated heterocycles. The largest absolute Gasteiger partial charge is 0.354 e. The summed E-state index contributed by atoms with van der Waals surface area (Å²) >= 11 is 0. The van der Waals surface area contributed by atoms with E-state index >= 15 is 0 Å². The minimum absolute atomic E-state index is 0.00352. The summed E-state index contributed by atoms with van der Waals surface area (Å²) in [4.78, 5) is 11.5. The van der Waals surface area contributed by atoms with E-state index in [1.54, 1.807) is 6.07 Å². The lowest BCUT2D eigenvalue weighted by Crippen LogP contribution is -2.33. The van der Waals surface area contributed by atoms with Crippen LogP contribution in [0.5, 0.6) is 0 Å². The Balaban J connectivity index is 2.33. The van der Waals surface area contributed by atoms with Crippen LogP contribution < -0.4 is 10.6 Å². The van der Waals surface area contributed by atoms with Crippen molar-refractivity contribution in [1.29, 1.82) is 5.26 Å². The maximum Gasteiger partial charge on any atom is 0.221 e. The maximum absolute atomic E-state index is 13.2. The highest BCUT2D eigenvalue weighted by Crippen LogP contribution is 2.08. The van der Waals surface area contributed by atoms with Gasteiger partial charge in [0.2, 0.25) is 5.91 Å². The second-order valence-corrected chi connectivity index (χ2v) is 4.76. The molecule has 0 aliphatic heterocycles. The second kappa shape index (κ2) is 8.28. The lowest BCUT2D eigenvalue weighted by Gasteiger charge is -2.11. The fourth-order valence-electron chi connectivity index (χ4n) is 1.70. The fraction of sp³-hybridized carbons (Fsp3) is 0.467. The zero-order valence-electron chi connectivity index (χ0n) is 11.9. The summed E-state index contributed by atoms with van der Waals surface area (Å²) in [6.45, 7) is 4.92. The molecule has 108 valence electrons. The Morgan fingerprint density at radius 1 is 1.45 bits per heavy atom. The van der Waals surface area contributed by atoms with Gasteiger partial charge in [0.15, 0.2) is 0 Å². The number of carbonyl (C=O) groups excluding carboxylic acids is 1. The maximum atomic E-state index is 13.2. The molecule has 20 heavy (non-hydrogen) atoms. The van der Waals surface area contributed by atoms with Gasteiger partial charge in [0.05, 0.1) is 11.6 Å². The lowest BCUT2D eigenvalue weighted by atomic mass is 10.1. The van der Waals surface area contributed by atoms with Crippen molar-refractivity contribution in [3.63, 3.8) is 0 Å². The van der Waals surface area contributed by atoms with Crippen molar-refractivity contribution in [3.05, 3.63) is 35.1 Å². The molecule has 1 aromatic rings. The number of nitriles is 1. The topological polar surface area (TPSA) is 64.9 Å². The molecular weight excluding hydrogens is 257 g/mol. The highest BCUT2D eigenvalue weighted by atomic mass is 19.1. The lowest BCUT2D eigenvalue weighted by molar-refractivity contribution is -0.121. The molecule has 0 radical (unpaired) electrons. The molecule has 0 aliphatic rings. The van der Waals surface area contributed by atoms with Gasteiger partial charge in [-0.15, -0.1) is 0 Å². The minimum atomic E-state index is -0.421. The Morgan fingerprint density at radius 3 is 2.85 bits per heavy atom. The molecule has 5 heteroatoms. The van der Waals surface area contributed by atoms with Crippen molar-refractivity contribution in [2.45, 2.75) is 39.3 Å². The summed E-state index contributed by atoms with van der Waals surface area (Å²) in [7, 11) is 0. The first-order chi connectivity index (χ1) is 9.55. The van der Waals surface area contributed by atoms with Crippen LogP contribution in [0.1, 0.15) is 37.8 Å². The average molecular weight is 277 g/mol. The molecule has 0 fully saturated rings. The monoisotopic (exact) mass is 277 g/mol. The number of hydrogen-bond donors (Lipinski definition) is 2. The van der Waals surface area contributed by atoms with E-state index in [0.29, 0.717) is 30.6 Å². The molecule has 1 atom stereocenters. The van der Waals surface area contributed by atoms with E-state index in [4.69, 9.17) is 5.26 Å². The van der Waals surface area contributed by atoms with Crippen LogP contribution in [0.2, 0.25) is 0 Å². The Morgan fingerprint density at radius 2 is 2.20 bits per heavy atom. The Bertz CT molecular complexity index is 496. The van der Waals surface area contributed by atoms with Crippen molar-refractivity contribution in [2.24, 2.45) is 0 Å². The standard InChI is InChI=1S/C15H20FN3O/c1-3-11(2)19-15(20)4-5-18-10-13-6-12(9-17)7-14(16)8-13/h6-8,11,18H,3-5,10H2,1-2H3,(H,19,20). The van der Waals surface area contributed by atoms with Crippen LogP contribution in [-0.4, -0.2) is 18.5 Å². The minimum Gasteiger partial charge on any atom is -0.354 e. The first-order valence-corrected chi connectivity index (χ1v) is 6.74. The number of nitrogens with one attached hydrogen (secondary N) is 2. The third kappa shape index (κ3) is 5.81. The van der Waals surface area contributed by atoms with Crippen LogP contribution in [0, 0.1) is 17.1 Å². The van der Waals surface area contributed by atoms with E-state index in [2.05, 4.69) is 10.6 Å². The SMILES string of the molecule is CCC(C)NC(=O)CCNCc1cc(F)cc(C#N)c1. The summed E-state index contributed by atoms with van der Waals surface area (Å²) in [5, 5.41) is 14.7. The van der Waals surface area contributed by atoms with Gasteiger partial charge in [-0.2, -0.15) is 5.26 Å². The van der Waals surface area contributed by atoms with E-state index in [9.17, 15) is 9.18 Å². The molecule has 2 N–H and O–H groups in total. The molecule has 1 rings (SSSR count). The first kappa shape index (κ1) is 16.1. The predicted octanol–water partition coefficient (Wildman–Crippen LogP) is 2.09. The van der Waals surface area contributed by atoms with E-state index < -0.39 is 5.82 Å². The van der Waals surface area contributed by atoms with Gasteiger partial charge in [-0.1, -0.05) is 6.92 Å². The van der Waals surface area contributed by atoms with Crippen LogP contribution in [0.15, 0.2) is 18.2 Å². The van der Waals surface area contributed by atoms with E-state index in [1.807, 2.05) is 19.9 Å².